The fraction of sp³-hybridized carbons (Fsp3) is 0.350. The smallest absolute Gasteiger partial charge is 0.350 e. The van der Waals surface area contributed by atoms with Crippen molar-refractivity contribution in [2.24, 2.45) is 0 Å². The number of nitrogens with zero attached hydrogens (tertiary/aromatic N) is 4. The van der Waals surface area contributed by atoms with Crippen LogP contribution < -0.4 is 5.32 Å². The number of ether oxygens (including phenoxy) is 1. The number of thioether (sulfide) groups is 1. The normalized spacial score (nSPS) is 10.8. The number of amides is 1. The number of carbonyl (C=O) groups is 2. The third-order valence-electron chi connectivity index (χ3n) is 4.13. The van der Waals surface area contributed by atoms with Gasteiger partial charge in [-0.15, -0.1) is 28.1 Å². The number of allylic oxidation sites excluding steroid dienone is 1. The summed E-state index contributed by atoms with van der Waals surface area (Å²) in [4.78, 5) is 30.3. The SMILES string of the molecule is C=CCn1c(SCC(=O)Nc2nc(C)c(C(=O)OCC)s2)nnc1-c1csc(CC)c1. The van der Waals surface area contributed by atoms with Crippen LogP contribution in [0, 0.1) is 6.92 Å². The molecule has 0 aromatic carbocycles. The first-order chi connectivity index (χ1) is 15.0. The molecule has 3 aromatic heterocycles. The summed E-state index contributed by atoms with van der Waals surface area (Å²) in [5.74, 6) is 0.213. The van der Waals surface area contributed by atoms with Crippen molar-refractivity contribution in [1.29, 1.82) is 0 Å². The molecule has 164 valence electrons. The maximum atomic E-state index is 12.4. The lowest BCUT2D eigenvalue weighted by Crippen LogP contribution is -2.14. The van der Waals surface area contributed by atoms with E-state index in [4.69, 9.17) is 4.74 Å². The van der Waals surface area contributed by atoms with Crippen molar-refractivity contribution in [3.8, 4) is 11.4 Å². The van der Waals surface area contributed by atoms with Crippen LogP contribution in [0.5, 0.6) is 0 Å². The fourth-order valence-corrected chi connectivity index (χ4v) is 5.15. The van der Waals surface area contributed by atoms with Crippen LogP contribution in [0.1, 0.15) is 34.1 Å². The highest BCUT2D eigenvalue weighted by Gasteiger charge is 2.19. The van der Waals surface area contributed by atoms with Gasteiger partial charge in [0.15, 0.2) is 16.1 Å². The molecule has 0 bridgehead atoms. The summed E-state index contributed by atoms with van der Waals surface area (Å²) in [6, 6.07) is 2.11. The van der Waals surface area contributed by atoms with E-state index < -0.39 is 5.97 Å². The number of rotatable bonds is 10. The highest BCUT2D eigenvalue weighted by molar-refractivity contribution is 7.99. The standard InChI is InChI=1S/C20H23N5O3S3/c1-5-8-25-17(13-9-14(6-2)29-10-13)23-24-20(25)30-11-15(26)22-19-21-12(4)16(31-19)18(27)28-7-3/h5,9-10H,1,6-8,11H2,2-4H3,(H,21,22,26). The minimum Gasteiger partial charge on any atom is -0.462 e. The largest absolute Gasteiger partial charge is 0.462 e. The number of aromatic nitrogens is 4. The van der Waals surface area contributed by atoms with E-state index in [0.717, 1.165) is 29.1 Å². The van der Waals surface area contributed by atoms with Crippen molar-refractivity contribution in [2.45, 2.75) is 38.9 Å². The average molecular weight is 478 g/mol. The van der Waals surface area contributed by atoms with E-state index in [1.54, 1.807) is 31.3 Å². The lowest BCUT2D eigenvalue weighted by Gasteiger charge is -2.06. The zero-order valence-electron chi connectivity index (χ0n) is 17.5. The van der Waals surface area contributed by atoms with E-state index in [2.05, 4.69) is 45.4 Å². The Morgan fingerprint density at radius 3 is 2.84 bits per heavy atom. The minimum absolute atomic E-state index is 0.131. The molecule has 0 spiro atoms. The molecule has 8 nitrogen and oxygen atoms in total. The van der Waals surface area contributed by atoms with Crippen LogP contribution in [-0.4, -0.2) is 44.0 Å². The average Bonchev–Trinajstić information content (AvgIpc) is 3.45. The van der Waals surface area contributed by atoms with Crippen LogP contribution in [-0.2, 0) is 22.5 Å². The molecule has 0 aliphatic rings. The van der Waals surface area contributed by atoms with Gasteiger partial charge in [-0.25, -0.2) is 9.78 Å². The van der Waals surface area contributed by atoms with Crippen molar-refractivity contribution in [3.05, 3.63) is 39.5 Å². The first-order valence-corrected chi connectivity index (χ1v) is 12.3. The second kappa shape index (κ2) is 10.7. The molecule has 3 heterocycles. The molecule has 0 aliphatic heterocycles. The monoisotopic (exact) mass is 477 g/mol. The van der Waals surface area contributed by atoms with Gasteiger partial charge in [0.1, 0.15) is 4.88 Å². The highest BCUT2D eigenvalue weighted by atomic mass is 32.2. The lowest BCUT2D eigenvalue weighted by atomic mass is 10.2. The van der Waals surface area contributed by atoms with Crippen LogP contribution >= 0.6 is 34.4 Å². The third-order valence-corrected chi connectivity index (χ3v) is 7.23. The topological polar surface area (TPSA) is 99.0 Å². The van der Waals surface area contributed by atoms with Gasteiger partial charge < -0.3 is 10.1 Å². The van der Waals surface area contributed by atoms with Crippen LogP contribution in [0.25, 0.3) is 11.4 Å². The molecule has 0 atom stereocenters. The Morgan fingerprint density at radius 1 is 1.35 bits per heavy atom. The molecule has 0 fully saturated rings. The van der Waals surface area contributed by atoms with Crippen LogP contribution in [0.4, 0.5) is 5.13 Å². The zero-order valence-corrected chi connectivity index (χ0v) is 20.0. The number of thiophene rings is 1. The summed E-state index contributed by atoms with van der Waals surface area (Å²) >= 11 is 4.08. The fourth-order valence-electron chi connectivity index (χ4n) is 2.71. The predicted molar refractivity (Wildman–Crippen MR) is 125 cm³/mol. The minimum atomic E-state index is -0.433. The Labute approximate surface area is 192 Å². The summed E-state index contributed by atoms with van der Waals surface area (Å²) in [6.45, 7) is 10.2. The molecule has 1 amide bonds. The first kappa shape index (κ1) is 23.2. The van der Waals surface area contributed by atoms with Gasteiger partial charge in [0, 0.05) is 22.4 Å². The van der Waals surface area contributed by atoms with Gasteiger partial charge in [-0.1, -0.05) is 36.1 Å². The third kappa shape index (κ3) is 5.60. The number of anilines is 1. The van der Waals surface area contributed by atoms with E-state index in [1.165, 1.54) is 16.6 Å². The van der Waals surface area contributed by atoms with E-state index in [-0.39, 0.29) is 18.3 Å². The number of nitrogens with one attached hydrogen (secondary N) is 1. The molecule has 11 heteroatoms. The molecule has 0 saturated heterocycles. The molecule has 0 radical (unpaired) electrons. The molecule has 3 rings (SSSR count). The number of thiazole rings is 1. The van der Waals surface area contributed by atoms with Gasteiger partial charge in [0.2, 0.25) is 5.91 Å². The van der Waals surface area contributed by atoms with Crippen LogP contribution in [0.3, 0.4) is 0 Å². The molecular formula is C20H23N5O3S3. The van der Waals surface area contributed by atoms with Crippen molar-refractivity contribution >= 4 is 51.4 Å². The Kier molecular flexibility index (Phi) is 7.99. The second-order valence-electron chi connectivity index (χ2n) is 6.35. The quantitative estimate of drug-likeness (QED) is 0.262. The summed E-state index contributed by atoms with van der Waals surface area (Å²) in [5, 5.41) is 14.4. The van der Waals surface area contributed by atoms with E-state index >= 15 is 0 Å². The molecule has 31 heavy (non-hydrogen) atoms. The summed E-state index contributed by atoms with van der Waals surface area (Å²) < 4.78 is 6.95. The Balaban J connectivity index is 1.67. The summed E-state index contributed by atoms with van der Waals surface area (Å²) in [6.07, 6.45) is 2.75. The zero-order chi connectivity index (χ0) is 22.4. The van der Waals surface area contributed by atoms with Gasteiger partial charge in [-0.3, -0.25) is 9.36 Å². The lowest BCUT2D eigenvalue weighted by molar-refractivity contribution is -0.113. The Bertz CT molecular complexity index is 1090. The second-order valence-corrected chi connectivity index (χ2v) is 9.29. The van der Waals surface area contributed by atoms with E-state index in [1.807, 2.05) is 4.57 Å². The molecule has 1 N–H and O–H groups in total. The maximum Gasteiger partial charge on any atom is 0.350 e. The van der Waals surface area contributed by atoms with Crippen LogP contribution in [0.2, 0.25) is 0 Å². The van der Waals surface area contributed by atoms with Crippen LogP contribution in [0.15, 0.2) is 29.3 Å². The van der Waals surface area contributed by atoms with Gasteiger partial charge >= 0.3 is 5.97 Å². The highest BCUT2D eigenvalue weighted by Crippen LogP contribution is 2.28. The number of carbonyl (C=O) groups excluding carboxylic acids is 2. The van der Waals surface area contributed by atoms with Crippen molar-refractivity contribution in [1.82, 2.24) is 19.7 Å². The maximum absolute atomic E-state index is 12.4. The number of esters is 1. The van der Waals surface area contributed by atoms with E-state index in [0.29, 0.717) is 27.4 Å². The first-order valence-electron chi connectivity index (χ1n) is 9.65. The molecule has 0 aliphatic carbocycles. The summed E-state index contributed by atoms with van der Waals surface area (Å²) in [5.41, 5.74) is 1.54. The number of hydrogen-bond donors (Lipinski definition) is 1. The van der Waals surface area contributed by atoms with Gasteiger partial charge in [0.05, 0.1) is 18.1 Å². The summed E-state index contributed by atoms with van der Waals surface area (Å²) in [7, 11) is 0. The Hall–Kier alpha value is -2.50. The van der Waals surface area contributed by atoms with Crippen molar-refractivity contribution < 1.29 is 14.3 Å². The van der Waals surface area contributed by atoms with Gasteiger partial charge in [-0.05, 0) is 26.3 Å². The van der Waals surface area contributed by atoms with Crippen molar-refractivity contribution in [2.75, 3.05) is 17.7 Å². The van der Waals surface area contributed by atoms with Gasteiger partial charge in [-0.2, -0.15) is 0 Å². The van der Waals surface area contributed by atoms with Gasteiger partial charge in [0.25, 0.3) is 0 Å². The number of aryl methyl sites for hydroxylation is 2. The molecule has 3 aromatic rings. The molecule has 0 saturated carbocycles. The Morgan fingerprint density at radius 2 is 2.16 bits per heavy atom. The predicted octanol–water partition coefficient (Wildman–Crippen LogP) is 4.43. The number of hydrogen-bond acceptors (Lipinski definition) is 9. The van der Waals surface area contributed by atoms with Crippen molar-refractivity contribution in [3.63, 3.8) is 0 Å². The molecular weight excluding hydrogens is 454 g/mol. The molecule has 0 unspecified atom stereocenters. The van der Waals surface area contributed by atoms with E-state index in [9.17, 15) is 9.59 Å².